The van der Waals surface area contributed by atoms with Crippen molar-refractivity contribution in [2.45, 2.75) is 26.3 Å². The Labute approximate surface area is 158 Å². The summed E-state index contributed by atoms with van der Waals surface area (Å²) < 4.78 is 4.98. The number of carbonyl (C=O) groups excluding carboxylic acids is 4. The van der Waals surface area contributed by atoms with Crippen molar-refractivity contribution in [3.8, 4) is 0 Å². The van der Waals surface area contributed by atoms with E-state index < -0.39 is 29.7 Å². The molecule has 0 saturated carbocycles. The number of amides is 3. The van der Waals surface area contributed by atoms with Gasteiger partial charge in [-0.3, -0.25) is 19.2 Å². The highest BCUT2D eigenvalue weighted by Gasteiger charge is 2.33. The summed E-state index contributed by atoms with van der Waals surface area (Å²) in [4.78, 5) is 51.1. The average molecular weight is 375 g/mol. The molecule has 0 bridgehead atoms. The smallest absolute Gasteiger partial charge is 0.312 e. The number of hydrogen-bond acceptors (Lipinski definition) is 5. The van der Waals surface area contributed by atoms with Crippen molar-refractivity contribution in [3.63, 3.8) is 0 Å². The highest BCUT2D eigenvalue weighted by molar-refractivity contribution is 6.35. The van der Waals surface area contributed by atoms with Gasteiger partial charge in [0.2, 0.25) is 5.91 Å². The van der Waals surface area contributed by atoms with E-state index in [0.29, 0.717) is 19.6 Å². The maximum atomic E-state index is 12.5. The average Bonchev–Trinajstić information content (AvgIpc) is 2.66. The van der Waals surface area contributed by atoms with Crippen LogP contribution in [0.25, 0.3) is 0 Å². The molecule has 2 rings (SSSR count). The van der Waals surface area contributed by atoms with Crippen molar-refractivity contribution in [2.75, 3.05) is 32.8 Å². The molecule has 8 heteroatoms. The molecule has 8 nitrogen and oxygen atoms in total. The normalized spacial score (nSPS) is 15.5. The molecular weight excluding hydrogens is 350 g/mol. The van der Waals surface area contributed by atoms with E-state index in [4.69, 9.17) is 4.74 Å². The van der Waals surface area contributed by atoms with Gasteiger partial charge in [0.25, 0.3) is 0 Å². The fourth-order valence-corrected chi connectivity index (χ4v) is 2.91. The number of rotatable bonds is 8. The van der Waals surface area contributed by atoms with Crippen LogP contribution in [0.4, 0.5) is 0 Å². The lowest BCUT2D eigenvalue weighted by Crippen LogP contribution is -2.56. The third-order valence-electron chi connectivity index (χ3n) is 4.33. The highest BCUT2D eigenvalue weighted by Crippen LogP contribution is 2.17. The van der Waals surface area contributed by atoms with Crippen LogP contribution in [0.5, 0.6) is 0 Å². The van der Waals surface area contributed by atoms with Gasteiger partial charge in [0.1, 0.15) is 6.54 Å². The van der Waals surface area contributed by atoms with E-state index in [0.717, 1.165) is 5.56 Å². The van der Waals surface area contributed by atoms with E-state index in [1.54, 1.807) is 26.0 Å². The molecule has 0 aliphatic carbocycles. The predicted octanol–water partition coefficient (Wildman–Crippen LogP) is 0.488. The minimum Gasteiger partial charge on any atom is -0.466 e. The van der Waals surface area contributed by atoms with Crippen LogP contribution in [-0.4, -0.2) is 66.3 Å². The van der Waals surface area contributed by atoms with Gasteiger partial charge in [-0.25, -0.2) is 0 Å². The summed E-state index contributed by atoms with van der Waals surface area (Å²) in [6.07, 6.45) is -0.0138. The molecule has 1 aliphatic heterocycles. The Balaban J connectivity index is 2.02. The molecule has 1 fully saturated rings. The van der Waals surface area contributed by atoms with Crippen LogP contribution in [0.15, 0.2) is 30.3 Å². The van der Waals surface area contributed by atoms with Gasteiger partial charge >= 0.3 is 17.8 Å². The van der Waals surface area contributed by atoms with Crippen LogP contribution < -0.4 is 5.32 Å². The minimum atomic E-state index is -0.681. The number of nitrogens with one attached hydrogen (secondary N) is 1. The number of carbonyl (C=O) groups is 4. The molecule has 3 amide bonds. The molecule has 1 unspecified atom stereocenters. The fraction of sp³-hybridized carbons (Fsp3) is 0.474. The van der Waals surface area contributed by atoms with Gasteiger partial charge in [-0.1, -0.05) is 30.3 Å². The zero-order chi connectivity index (χ0) is 19.8. The minimum absolute atomic E-state index is 0.0138. The first-order valence-corrected chi connectivity index (χ1v) is 9.04. The molecule has 1 N–H and O–H groups in total. The molecule has 0 spiro atoms. The van der Waals surface area contributed by atoms with E-state index in [1.807, 2.05) is 18.2 Å². The lowest BCUT2D eigenvalue weighted by Gasteiger charge is -2.33. The molecule has 1 aromatic rings. The molecule has 0 aromatic heterocycles. The molecule has 27 heavy (non-hydrogen) atoms. The topological polar surface area (TPSA) is 96.0 Å². The summed E-state index contributed by atoms with van der Waals surface area (Å²) in [7, 11) is 0. The van der Waals surface area contributed by atoms with Gasteiger partial charge in [-0.15, -0.1) is 0 Å². The van der Waals surface area contributed by atoms with Crippen LogP contribution in [0.3, 0.4) is 0 Å². The molecule has 1 atom stereocenters. The number of piperazine rings is 1. The first-order valence-electron chi connectivity index (χ1n) is 9.04. The Kier molecular flexibility index (Phi) is 7.34. The molecule has 1 aliphatic rings. The highest BCUT2D eigenvalue weighted by atomic mass is 16.5. The summed E-state index contributed by atoms with van der Waals surface area (Å²) in [6, 6.07) is 8.50. The largest absolute Gasteiger partial charge is 0.466 e. The zero-order valence-corrected chi connectivity index (χ0v) is 15.6. The number of esters is 1. The monoisotopic (exact) mass is 375 g/mol. The van der Waals surface area contributed by atoms with Gasteiger partial charge < -0.3 is 19.9 Å². The summed E-state index contributed by atoms with van der Waals surface area (Å²) in [5.74, 6) is -2.13. The van der Waals surface area contributed by atoms with Gasteiger partial charge in [0.15, 0.2) is 0 Å². The van der Waals surface area contributed by atoms with Crippen LogP contribution in [0.2, 0.25) is 0 Å². The molecule has 0 radical (unpaired) electrons. The fourth-order valence-electron chi connectivity index (χ4n) is 2.91. The van der Waals surface area contributed by atoms with E-state index in [-0.39, 0.29) is 19.6 Å². The molecule has 1 saturated heterocycles. The lowest BCUT2D eigenvalue weighted by molar-refractivity contribution is -0.156. The lowest BCUT2D eigenvalue weighted by atomic mass is 10.0. The second-order valence-corrected chi connectivity index (χ2v) is 6.15. The molecule has 1 heterocycles. The van der Waals surface area contributed by atoms with E-state index in [9.17, 15) is 19.2 Å². The van der Waals surface area contributed by atoms with E-state index >= 15 is 0 Å². The van der Waals surface area contributed by atoms with Crippen LogP contribution >= 0.6 is 0 Å². The maximum Gasteiger partial charge on any atom is 0.312 e. The van der Waals surface area contributed by atoms with Gasteiger partial charge in [-0.2, -0.15) is 0 Å². The summed E-state index contributed by atoms with van der Waals surface area (Å²) in [5, 5.41) is 2.77. The third kappa shape index (κ3) is 5.54. The molecule has 1 aromatic carbocycles. The summed E-state index contributed by atoms with van der Waals surface area (Å²) in [6.45, 7) is 4.71. The second-order valence-electron chi connectivity index (χ2n) is 6.15. The Morgan fingerprint density at radius 2 is 1.70 bits per heavy atom. The number of likely N-dealkylation sites (N-methyl/N-ethyl adjacent to an activating group) is 1. The second kappa shape index (κ2) is 9.70. The van der Waals surface area contributed by atoms with Crippen LogP contribution in [0, 0.1) is 0 Å². The zero-order valence-electron chi connectivity index (χ0n) is 15.6. The van der Waals surface area contributed by atoms with Crippen molar-refractivity contribution in [2.24, 2.45) is 0 Å². The summed E-state index contributed by atoms with van der Waals surface area (Å²) in [5.41, 5.74) is 0.761. The van der Waals surface area contributed by atoms with Crippen molar-refractivity contribution in [1.29, 1.82) is 0 Å². The predicted molar refractivity (Wildman–Crippen MR) is 97.4 cm³/mol. The van der Waals surface area contributed by atoms with Crippen molar-refractivity contribution < 1.29 is 23.9 Å². The number of benzene rings is 1. The first kappa shape index (κ1) is 20.4. The maximum absolute atomic E-state index is 12.5. The third-order valence-corrected chi connectivity index (χ3v) is 4.33. The van der Waals surface area contributed by atoms with Gasteiger partial charge in [-0.05, 0) is 19.4 Å². The van der Waals surface area contributed by atoms with Crippen LogP contribution in [-0.2, 0) is 23.9 Å². The SMILES string of the molecule is CCOC(=O)CC(NC(=O)CN1CCN(CC)C(=O)C1=O)c1ccccc1. The Hall–Kier alpha value is -2.90. The van der Waals surface area contributed by atoms with Gasteiger partial charge in [0, 0.05) is 19.6 Å². The number of ether oxygens (including phenoxy) is 1. The molecular formula is C19H25N3O5. The van der Waals surface area contributed by atoms with Crippen LogP contribution in [0.1, 0.15) is 31.9 Å². The van der Waals surface area contributed by atoms with Crippen molar-refractivity contribution in [3.05, 3.63) is 35.9 Å². The quantitative estimate of drug-likeness (QED) is 0.527. The van der Waals surface area contributed by atoms with E-state index in [1.165, 1.54) is 9.80 Å². The first-order chi connectivity index (χ1) is 13.0. The number of nitrogens with zero attached hydrogens (tertiary/aromatic N) is 2. The Bertz CT molecular complexity index is 692. The Morgan fingerprint density at radius 3 is 2.33 bits per heavy atom. The Morgan fingerprint density at radius 1 is 1.07 bits per heavy atom. The van der Waals surface area contributed by atoms with Gasteiger partial charge in [0.05, 0.1) is 19.1 Å². The summed E-state index contributed by atoms with van der Waals surface area (Å²) >= 11 is 0. The standard InChI is InChI=1S/C19H25N3O5/c1-3-21-10-11-22(19(26)18(21)25)13-16(23)20-15(12-17(24)27-4-2)14-8-6-5-7-9-14/h5-9,15H,3-4,10-13H2,1-2H3,(H,20,23). The van der Waals surface area contributed by atoms with Crippen molar-refractivity contribution >= 4 is 23.7 Å². The van der Waals surface area contributed by atoms with Crippen molar-refractivity contribution in [1.82, 2.24) is 15.1 Å². The van der Waals surface area contributed by atoms with E-state index in [2.05, 4.69) is 5.32 Å². The number of hydrogen-bond donors (Lipinski definition) is 1. The molecule has 146 valence electrons.